The first kappa shape index (κ1) is 14.2. The van der Waals surface area contributed by atoms with Crippen LogP contribution in [0.3, 0.4) is 0 Å². The van der Waals surface area contributed by atoms with Gasteiger partial charge in [0.15, 0.2) is 0 Å². The van der Waals surface area contributed by atoms with E-state index < -0.39 is 4.92 Å². The number of benzene rings is 2. The topological polar surface area (TPSA) is 77.5 Å². The summed E-state index contributed by atoms with van der Waals surface area (Å²) >= 11 is 1.20. The molecule has 0 aliphatic heterocycles. The Morgan fingerprint density at radius 2 is 2.05 bits per heavy atom. The molecule has 1 aromatic heterocycles. The number of para-hydroxylation sites is 1. The van der Waals surface area contributed by atoms with Crippen LogP contribution in [0, 0.1) is 17.0 Å². The maximum atomic E-state index is 12.2. The first-order chi connectivity index (χ1) is 10.6. The molecule has 0 bridgehead atoms. The van der Waals surface area contributed by atoms with Gasteiger partial charge in [0, 0.05) is 6.07 Å². The molecule has 0 saturated carbocycles. The lowest BCUT2D eigenvalue weighted by Gasteiger charge is -1.95. The first-order valence-electron chi connectivity index (χ1n) is 6.47. The minimum atomic E-state index is -0.474. The van der Waals surface area contributed by atoms with Crippen molar-refractivity contribution in [3.63, 3.8) is 0 Å². The minimum Gasteiger partial charge on any atom is -0.266 e. The molecule has 3 rings (SSSR count). The number of rotatable bonds is 3. The molecule has 3 aromatic rings. The van der Waals surface area contributed by atoms with Crippen LogP contribution < -0.4 is 5.56 Å². The molecule has 0 N–H and O–H groups in total. The molecule has 22 heavy (non-hydrogen) atoms. The van der Waals surface area contributed by atoms with Crippen molar-refractivity contribution in [3.05, 3.63) is 74.1 Å². The van der Waals surface area contributed by atoms with Crippen molar-refractivity contribution in [1.82, 2.24) is 4.07 Å². The van der Waals surface area contributed by atoms with Gasteiger partial charge in [0.2, 0.25) is 0 Å². The quantitative estimate of drug-likeness (QED) is 0.423. The molecular weight excluding hydrogens is 302 g/mol. The van der Waals surface area contributed by atoms with E-state index in [1.54, 1.807) is 18.2 Å². The van der Waals surface area contributed by atoms with Crippen LogP contribution in [0.4, 0.5) is 5.69 Å². The Balaban J connectivity index is 2.05. The van der Waals surface area contributed by atoms with E-state index in [1.165, 1.54) is 27.9 Å². The smallest absolute Gasteiger partial charge is 0.266 e. The molecule has 0 saturated heterocycles. The van der Waals surface area contributed by atoms with E-state index in [-0.39, 0.29) is 11.2 Å². The summed E-state index contributed by atoms with van der Waals surface area (Å²) in [6.45, 7) is 1.91. The lowest BCUT2D eigenvalue weighted by atomic mass is 10.2. The van der Waals surface area contributed by atoms with Gasteiger partial charge in [-0.25, -0.2) is 0 Å². The van der Waals surface area contributed by atoms with Crippen molar-refractivity contribution in [3.8, 4) is 0 Å². The van der Waals surface area contributed by atoms with Gasteiger partial charge in [-0.15, -0.1) is 4.07 Å². The number of fused-ring (bicyclic) bond motifs is 1. The lowest BCUT2D eigenvalue weighted by molar-refractivity contribution is -0.385. The zero-order chi connectivity index (χ0) is 15.7. The van der Waals surface area contributed by atoms with Crippen molar-refractivity contribution >= 4 is 33.5 Å². The monoisotopic (exact) mass is 313 g/mol. The zero-order valence-electron chi connectivity index (χ0n) is 11.6. The predicted molar refractivity (Wildman–Crippen MR) is 86.9 cm³/mol. The summed E-state index contributed by atoms with van der Waals surface area (Å²) in [6, 6.07) is 11.9. The van der Waals surface area contributed by atoms with Crippen molar-refractivity contribution < 1.29 is 4.92 Å². The standard InChI is InChI=1S/C15H11N3O3S/c1-10-6-7-14-12(8-10)15(19)17(22-14)16-9-11-4-2-3-5-13(11)18(20)21/h2-9H,1H3/b16-9+. The highest BCUT2D eigenvalue weighted by Gasteiger charge is 2.11. The fraction of sp³-hybridized carbons (Fsp3) is 0.0667. The Bertz CT molecular complexity index is 956. The average molecular weight is 313 g/mol. The fourth-order valence-electron chi connectivity index (χ4n) is 2.08. The summed E-state index contributed by atoms with van der Waals surface area (Å²) in [4.78, 5) is 22.7. The Morgan fingerprint density at radius 3 is 2.82 bits per heavy atom. The van der Waals surface area contributed by atoms with Crippen LogP contribution in [0.5, 0.6) is 0 Å². The van der Waals surface area contributed by atoms with Crippen LogP contribution in [-0.4, -0.2) is 15.2 Å². The number of hydrogen-bond acceptors (Lipinski definition) is 5. The Morgan fingerprint density at radius 1 is 1.27 bits per heavy atom. The van der Waals surface area contributed by atoms with Crippen LogP contribution in [0.1, 0.15) is 11.1 Å². The molecule has 2 aromatic carbocycles. The summed E-state index contributed by atoms with van der Waals surface area (Å²) in [6.07, 6.45) is 1.34. The summed E-state index contributed by atoms with van der Waals surface area (Å²) in [5.74, 6) is 0. The van der Waals surface area contributed by atoms with E-state index in [0.717, 1.165) is 10.3 Å². The van der Waals surface area contributed by atoms with Crippen LogP contribution in [0.2, 0.25) is 0 Å². The maximum absolute atomic E-state index is 12.2. The van der Waals surface area contributed by atoms with Crippen molar-refractivity contribution in [2.24, 2.45) is 5.10 Å². The Labute approximate surface area is 129 Å². The number of aryl methyl sites for hydroxylation is 1. The van der Waals surface area contributed by atoms with Crippen molar-refractivity contribution in [1.29, 1.82) is 0 Å². The molecule has 0 amide bonds. The summed E-state index contributed by atoms with van der Waals surface area (Å²) in [5.41, 5.74) is 1.08. The summed E-state index contributed by atoms with van der Waals surface area (Å²) in [5, 5.41) is 15.6. The number of nitro benzene ring substituents is 1. The van der Waals surface area contributed by atoms with Gasteiger partial charge in [-0.1, -0.05) is 23.8 Å². The van der Waals surface area contributed by atoms with Crippen molar-refractivity contribution in [2.75, 3.05) is 0 Å². The highest BCUT2D eigenvalue weighted by atomic mass is 32.1. The van der Waals surface area contributed by atoms with Crippen LogP contribution in [0.15, 0.2) is 52.4 Å². The normalized spacial score (nSPS) is 11.3. The number of nitro groups is 1. The van der Waals surface area contributed by atoms with E-state index in [9.17, 15) is 14.9 Å². The maximum Gasteiger partial charge on any atom is 0.289 e. The van der Waals surface area contributed by atoms with Gasteiger partial charge in [0.1, 0.15) is 0 Å². The van der Waals surface area contributed by atoms with Gasteiger partial charge in [-0.3, -0.25) is 14.9 Å². The molecule has 0 aliphatic rings. The average Bonchev–Trinajstić information content (AvgIpc) is 2.81. The van der Waals surface area contributed by atoms with Crippen LogP contribution >= 0.6 is 11.5 Å². The second-order valence-corrected chi connectivity index (χ2v) is 5.70. The van der Waals surface area contributed by atoms with Crippen LogP contribution in [-0.2, 0) is 0 Å². The van der Waals surface area contributed by atoms with Gasteiger partial charge in [0.25, 0.3) is 11.2 Å². The van der Waals surface area contributed by atoms with E-state index >= 15 is 0 Å². The van der Waals surface area contributed by atoms with Gasteiger partial charge in [-0.2, -0.15) is 5.10 Å². The molecule has 0 unspecified atom stereocenters. The predicted octanol–water partition coefficient (Wildman–Crippen LogP) is 3.16. The van der Waals surface area contributed by atoms with Crippen LogP contribution in [0.25, 0.3) is 10.1 Å². The molecule has 0 aliphatic carbocycles. The third kappa shape index (κ3) is 2.53. The molecule has 110 valence electrons. The van der Waals surface area contributed by atoms with E-state index in [4.69, 9.17) is 0 Å². The molecule has 1 heterocycles. The summed E-state index contributed by atoms with van der Waals surface area (Å²) in [7, 11) is 0. The fourth-order valence-corrected chi connectivity index (χ4v) is 2.92. The SMILES string of the molecule is Cc1ccc2sn(/N=C/c3ccccc3[N+](=O)[O-])c(=O)c2c1. The van der Waals surface area contributed by atoms with Gasteiger partial charge in [0.05, 0.1) is 26.8 Å². The molecule has 0 radical (unpaired) electrons. The molecule has 0 fully saturated rings. The second-order valence-electron chi connectivity index (χ2n) is 4.73. The van der Waals surface area contributed by atoms with Gasteiger partial charge >= 0.3 is 0 Å². The van der Waals surface area contributed by atoms with E-state index in [0.29, 0.717) is 10.9 Å². The number of nitrogens with zero attached hydrogens (tertiary/aromatic N) is 3. The van der Waals surface area contributed by atoms with E-state index in [1.807, 2.05) is 25.1 Å². The number of hydrogen-bond donors (Lipinski definition) is 0. The highest BCUT2D eigenvalue weighted by molar-refractivity contribution is 7.13. The molecule has 0 spiro atoms. The third-order valence-corrected chi connectivity index (χ3v) is 4.14. The molecule has 0 atom stereocenters. The highest BCUT2D eigenvalue weighted by Crippen LogP contribution is 2.19. The second kappa shape index (κ2) is 5.53. The largest absolute Gasteiger partial charge is 0.289 e. The van der Waals surface area contributed by atoms with E-state index in [2.05, 4.69) is 5.10 Å². The molecule has 7 heteroatoms. The molecular formula is C15H11N3O3S. The Hall–Kier alpha value is -2.80. The van der Waals surface area contributed by atoms with Gasteiger partial charge in [-0.05, 0) is 36.7 Å². The molecule has 6 nitrogen and oxygen atoms in total. The third-order valence-electron chi connectivity index (χ3n) is 3.16. The first-order valence-corrected chi connectivity index (χ1v) is 7.24. The number of aromatic nitrogens is 1. The minimum absolute atomic E-state index is 0.0451. The zero-order valence-corrected chi connectivity index (χ0v) is 12.4. The van der Waals surface area contributed by atoms with Crippen molar-refractivity contribution in [2.45, 2.75) is 6.92 Å². The summed E-state index contributed by atoms with van der Waals surface area (Å²) < 4.78 is 2.07. The lowest BCUT2D eigenvalue weighted by Crippen LogP contribution is -2.08. The Kier molecular flexibility index (Phi) is 3.56. The van der Waals surface area contributed by atoms with Gasteiger partial charge < -0.3 is 0 Å².